The van der Waals surface area contributed by atoms with Crippen molar-refractivity contribution >= 4 is 5.97 Å². The van der Waals surface area contributed by atoms with Crippen LogP contribution in [0, 0.1) is 0 Å². The highest BCUT2D eigenvalue weighted by atomic mass is 16.5. The van der Waals surface area contributed by atoms with Gasteiger partial charge in [-0.2, -0.15) is 0 Å². The van der Waals surface area contributed by atoms with Crippen LogP contribution < -0.4 is 4.74 Å². The standard InChI is InChI=1S/C21H24O3/c1-17(21(22)23)9-5-2-3-8-16-24-20-14-12-19(13-15-20)18-10-6-4-7-11-18/h4,6-7,10-15H,1-3,5,8-9,16H2,(H,22,23). The van der Waals surface area contributed by atoms with Gasteiger partial charge in [0.15, 0.2) is 0 Å². The third-order valence-corrected chi connectivity index (χ3v) is 3.91. The summed E-state index contributed by atoms with van der Waals surface area (Å²) in [5.74, 6) is -0.00813. The molecule has 0 aliphatic rings. The number of carbonyl (C=O) groups is 1. The number of ether oxygens (including phenoxy) is 1. The zero-order chi connectivity index (χ0) is 17.2. The lowest BCUT2D eigenvalue weighted by molar-refractivity contribution is -0.132. The molecular formula is C21H24O3. The van der Waals surface area contributed by atoms with Gasteiger partial charge >= 0.3 is 5.97 Å². The number of hydrogen-bond donors (Lipinski definition) is 1. The summed E-state index contributed by atoms with van der Waals surface area (Å²) in [6.45, 7) is 4.22. The molecule has 2 rings (SSSR count). The molecule has 0 heterocycles. The van der Waals surface area contributed by atoms with E-state index >= 15 is 0 Å². The monoisotopic (exact) mass is 324 g/mol. The minimum atomic E-state index is -0.891. The Bertz CT molecular complexity index is 645. The van der Waals surface area contributed by atoms with Gasteiger partial charge in [-0.05, 0) is 42.5 Å². The van der Waals surface area contributed by atoms with Crippen LogP contribution in [-0.4, -0.2) is 17.7 Å². The molecule has 0 spiro atoms. The molecular weight excluding hydrogens is 300 g/mol. The fraction of sp³-hybridized carbons (Fsp3) is 0.286. The number of carboxylic acid groups (broad SMARTS) is 1. The number of benzene rings is 2. The van der Waals surface area contributed by atoms with Gasteiger partial charge in [-0.15, -0.1) is 0 Å². The molecule has 24 heavy (non-hydrogen) atoms. The first-order valence-electron chi connectivity index (χ1n) is 8.36. The van der Waals surface area contributed by atoms with E-state index in [-0.39, 0.29) is 0 Å². The Hall–Kier alpha value is -2.55. The summed E-state index contributed by atoms with van der Waals surface area (Å²) >= 11 is 0. The Kier molecular flexibility index (Phi) is 7.09. The molecule has 0 atom stereocenters. The molecule has 0 saturated heterocycles. The van der Waals surface area contributed by atoms with Gasteiger partial charge < -0.3 is 9.84 Å². The van der Waals surface area contributed by atoms with Crippen LogP contribution in [0.4, 0.5) is 0 Å². The van der Waals surface area contributed by atoms with Gasteiger partial charge in [0.1, 0.15) is 5.75 Å². The normalized spacial score (nSPS) is 10.3. The highest BCUT2D eigenvalue weighted by Crippen LogP contribution is 2.22. The van der Waals surface area contributed by atoms with E-state index in [1.54, 1.807) is 0 Å². The van der Waals surface area contributed by atoms with E-state index < -0.39 is 5.97 Å². The first-order valence-corrected chi connectivity index (χ1v) is 8.36. The second kappa shape index (κ2) is 9.56. The Morgan fingerprint density at radius 2 is 1.50 bits per heavy atom. The Morgan fingerprint density at radius 1 is 0.875 bits per heavy atom. The second-order valence-electron chi connectivity index (χ2n) is 5.81. The highest BCUT2D eigenvalue weighted by molar-refractivity contribution is 5.85. The molecule has 0 radical (unpaired) electrons. The largest absolute Gasteiger partial charge is 0.494 e. The van der Waals surface area contributed by atoms with E-state index in [1.807, 2.05) is 30.3 Å². The number of carboxylic acids is 1. The molecule has 0 aliphatic heterocycles. The minimum Gasteiger partial charge on any atom is -0.494 e. The summed E-state index contributed by atoms with van der Waals surface area (Å²) in [4.78, 5) is 10.6. The summed E-state index contributed by atoms with van der Waals surface area (Å²) in [6, 6.07) is 18.4. The predicted octanol–water partition coefficient (Wildman–Crippen LogP) is 5.32. The Balaban J connectivity index is 1.63. The van der Waals surface area contributed by atoms with Gasteiger partial charge in [0.25, 0.3) is 0 Å². The van der Waals surface area contributed by atoms with Gasteiger partial charge in [-0.3, -0.25) is 0 Å². The minimum absolute atomic E-state index is 0.296. The molecule has 0 aromatic heterocycles. The van der Waals surface area contributed by atoms with Crippen molar-refractivity contribution in [3.05, 3.63) is 66.7 Å². The van der Waals surface area contributed by atoms with Crippen molar-refractivity contribution in [2.75, 3.05) is 6.61 Å². The smallest absolute Gasteiger partial charge is 0.330 e. The van der Waals surface area contributed by atoms with Crippen LogP contribution >= 0.6 is 0 Å². The molecule has 3 heteroatoms. The lowest BCUT2D eigenvalue weighted by Crippen LogP contribution is -1.99. The maximum absolute atomic E-state index is 10.6. The summed E-state index contributed by atoms with van der Waals surface area (Å²) < 4.78 is 5.75. The Morgan fingerprint density at radius 3 is 2.17 bits per heavy atom. The van der Waals surface area contributed by atoms with Gasteiger partial charge in [0.2, 0.25) is 0 Å². The first kappa shape index (κ1) is 17.8. The van der Waals surface area contributed by atoms with E-state index in [9.17, 15) is 4.79 Å². The zero-order valence-corrected chi connectivity index (χ0v) is 13.9. The predicted molar refractivity (Wildman–Crippen MR) is 97.2 cm³/mol. The lowest BCUT2D eigenvalue weighted by atomic mass is 10.1. The lowest BCUT2D eigenvalue weighted by Gasteiger charge is -2.07. The topological polar surface area (TPSA) is 46.5 Å². The third kappa shape index (κ3) is 5.92. The third-order valence-electron chi connectivity index (χ3n) is 3.91. The van der Waals surface area contributed by atoms with Crippen molar-refractivity contribution in [2.24, 2.45) is 0 Å². The maximum atomic E-state index is 10.6. The first-order chi connectivity index (χ1) is 11.7. The van der Waals surface area contributed by atoms with Gasteiger partial charge in [-0.1, -0.05) is 61.9 Å². The van der Waals surface area contributed by atoms with Crippen LogP contribution in [0.3, 0.4) is 0 Å². The van der Waals surface area contributed by atoms with Crippen molar-refractivity contribution in [3.63, 3.8) is 0 Å². The molecule has 0 unspecified atom stereocenters. The molecule has 3 nitrogen and oxygen atoms in total. The van der Waals surface area contributed by atoms with Crippen molar-refractivity contribution in [1.29, 1.82) is 0 Å². The average Bonchev–Trinajstić information content (AvgIpc) is 2.62. The molecule has 1 N–H and O–H groups in total. The quantitative estimate of drug-likeness (QED) is 0.475. The highest BCUT2D eigenvalue weighted by Gasteiger charge is 2.03. The zero-order valence-electron chi connectivity index (χ0n) is 13.9. The molecule has 2 aromatic rings. The SMILES string of the molecule is C=C(CCCCCCOc1ccc(-c2ccccc2)cc1)C(=O)O. The second-order valence-corrected chi connectivity index (χ2v) is 5.81. The molecule has 0 amide bonds. The molecule has 0 aliphatic carbocycles. The molecule has 0 saturated carbocycles. The number of rotatable bonds is 10. The van der Waals surface area contributed by atoms with Crippen LogP contribution in [-0.2, 0) is 4.79 Å². The maximum Gasteiger partial charge on any atom is 0.330 e. The van der Waals surface area contributed by atoms with Crippen molar-refractivity contribution in [1.82, 2.24) is 0 Å². The Labute approximate surface area is 143 Å². The molecule has 0 fully saturated rings. The number of unbranched alkanes of at least 4 members (excludes halogenated alkanes) is 3. The number of aliphatic carboxylic acids is 1. The summed E-state index contributed by atoms with van der Waals surface area (Å²) in [5.41, 5.74) is 2.68. The van der Waals surface area contributed by atoms with Crippen molar-refractivity contribution < 1.29 is 14.6 Å². The van der Waals surface area contributed by atoms with E-state index in [0.717, 1.165) is 31.4 Å². The number of hydrogen-bond acceptors (Lipinski definition) is 2. The van der Waals surface area contributed by atoms with Gasteiger partial charge in [0.05, 0.1) is 6.61 Å². The van der Waals surface area contributed by atoms with E-state index in [4.69, 9.17) is 9.84 Å². The molecule has 126 valence electrons. The fourth-order valence-electron chi connectivity index (χ4n) is 2.47. The van der Waals surface area contributed by atoms with Crippen LogP contribution in [0.2, 0.25) is 0 Å². The van der Waals surface area contributed by atoms with E-state index in [0.29, 0.717) is 18.6 Å². The van der Waals surface area contributed by atoms with E-state index in [2.05, 4.69) is 30.8 Å². The van der Waals surface area contributed by atoms with Gasteiger partial charge in [0, 0.05) is 5.57 Å². The summed E-state index contributed by atoms with van der Waals surface area (Å²) in [6.07, 6.45) is 4.45. The fourth-order valence-corrected chi connectivity index (χ4v) is 2.47. The average molecular weight is 324 g/mol. The van der Waals surface area contributed by atoms with Crippen LogP contribution in [0.5, 0.6) is 5.75 Å². The van der Waals surface area contributed by atoms with E-state index in [1.165, 1.54) is 11.1 Å². The van der Waals surface area contributed by atoms with Crippen LogP contribution in [0.25, 0.3) is 11.1 Å². The molecule has 0 bridgehead atoms. The van der Waals surface area contributed by atoms with Crippen molar-refractivity contribution in [2.45, 2.75) is 32.1 Å². The summed E-state index contributed by atoms with van der Waals surface area (Å²) in [7, 11) is 0. The molecule has 2 aromatic carbocycles. The van der Waals surface area contributed by atoms with Crippen LogP contribution in [0.15, 0.2) is 66.7 Å². The van der Waals surface area contributed by atoms with Gasteiger partial charge in [-0.25, -0.2) is 4.79 Å². The summed E-state index contributed by atoms with van der Waals surface area (Å²) in [5, 5.41) is 8.72. The van der Waals surface area contributed by atoms with Crippen molar-refractivity contribution in [3.8, 4) is 16.9 Å². The van der Waals surface area contributed by atoms with Crippen LogP contribution in [0.1, 0.15) is 32.1 Å².